The second-order valence-electron chi connectivity index (χ2n) is 3.95. The van der Waals surface area contributed by atoms with Crippen LogP contribution in [0.5, 0.6) is 0 Å². The number of nitrogens with zero attached hydrogens (tertiary/aromatic N) is 1. The zero-order valence-electron chi connectivity index (χ0n) is 10.7. The zero-order valence-corrected chi connectivity index (χ0v) is 12.2. The van der Waals surface area contributed by atoms with Crippen LogP contribution in [0.1, 0.15) is 16.1 Å². The van der Waals surface area contributed by atoms with Crippen molar-refractivity contribution in [3.8, 4) is 11.8 Å². The molecule has 2 rings (SSSR count). The molecule has 0 saturated heterocycles. The molecule has 0 saturated carbocycles. The number of hydrogen-bond donors (Lipinski definition) is 2. The van der Waals surface area contributed by atoms with Crippen molar-refractivity contribution in [1.82, 2.24) is 4.98 Å². The van der Waals surface area contributed by atoms with Gasteiger partial charge in [0, 0.05) is 5.02 Å². The monoisotopic (exact) mass is 320 g/mol. The van der Waals surface area contributed by atoms with Crippen molar-refractivity contribution in [3.05, 3.63) is 57.7 Å². The zero-order chi connectivity index (χ0) is 15.2. The van der Waals surface area contributed by atoms with Gasteiger partial charge in [-0.3, -0.25) is 4.79 Å². The molecule has 1 aromatic carbocycles. The number of amides is 1. The van der Waals surface area contributed by atoms with Gasteiger partial charge in [-0.05, 0) is 36.3 Å². The molecule has 0 aliphatic carbocycles. The lowest BCUT2D eigenvalue weighted by atomic mass is 10.2. The van der Waals surface area contributed by atoms with Gasteiger partial charge in [0.2, 0.25) is 0 Å². The minimum absolute atomic E-state index is 0.254. The van der Waals surface area contributed by atoms with Gasteiger partial charge in [-0.2, -0.15) is 0 Å². The van der Waals surface area contributed by atoms with Crippen molar-refractivity contribution in [2.24, 2.45) is 0 Å². The molecule has 0 spiro atoms. The summed E-state index contributed by atoms with van der Waals surface area (Å²) in [7, 11) is 0. The maximum atomic E-state index is 12.1. The van der Waals surface area contributed by atoms with E-state index in [-0.39, 0.29) is 12.2 Å². The number of aromatic nitrogens is 1. The van der Waals surface area contributed by atoms with Crippen LogP contribution in [0.2, 0.25) is 10.0 Å². The Labute approximate surface area is 131 Å². The third-order valence-corrected chi connectivity index (χ3v) is 3.02. The van der Waals surface area contributed by atoms with Gasteiger partial charge in [0.1, 0.15) is 18.1 Å². The maximum Gasteiger partial charge on any atom is 0.258 e. The lowest BCUT2D eigenvalue weighted by Gasteiger charge is -2.06. The van der Waals surface area contributed by atoms with Gasteiger partial charge in [0.15, 0.2) is 0 Å². The van der Waals surface area contributed by atoms with Crippen molar-refractivity contribution >= 4 is 34.9 Å². The molecule has 2 N–H and O–H groups in total. The van der Waals surface area contributed by atoms with Crippen molar-refractivity contribution in [2.75, 3.05) is 11.9 Å². The first-order chi connectivity index (χ1) is 10.1. The number of carbonyl (C=O) groups excluding carboxylic acids is 1. The Morgan fingerprint density at radius 1 is 1.29 bits per heavy atom. The largest absolute Gasteiger partial charge is 0.384 e. The predicted octanol–water partition coefficient (Wildman–Crippen LogP) is 2.98. The smallest absolute Gasteiger partial charge is 0.258 e. The molecule has 0 unspecified atom stereocenters. The second-order valence-corrected chi connectivity index (χ2v) is 4.79. The van der Waals surface area contributed by atoms with E-state index in [0.29, 0.717) is 21.6 Å². The molecule has 0 fully saturated rings. The molecule has 1 amide bonds. The lowest BCUT2D eigenvalue weighted by molar-refractivity contribution is 0.102. The fourth-order valence-corrected chi connectivity index (χ4v) is 1.93. The van der Waals surface area contributed by atoms with Gasteiger partial charge in [0.05, 0.1) is 10.6 Å². The highest BCUT2D eigenvalue weighted by molar-refractivity contribution is 6.36. The molecule has 0 atom stereocenters. The summed E-state index contributed by atoms with van der Waals surface area (Å²) >= 11 is 11.8. The van der Waals surface area contributed by atoms with Gasteiger partial charge >= 0.3 is 0 Å². The highest BCUT2D eigenvalue weighted by Crippen LogP contribution is 2.21. The standard InChI is InChI=1S/C15H10Cl2N2O2/c16-10-6-7-13(17)12(9-10)15(21)19-14-5-1-3-11(18-14)4-2-8-20/h1,3,5-7,9,20H,8H2,(H,18,19,21). The average Bonchev–Trinajstić information content (AvgIpc) is 2.48. The minimum atomic E-state index is -0.415. The molecule has 0 aliphatic heterocycles. The van der Waals surface area contributed by atoms with Crippen LogP contribution in [0.15, 0.2) is 36.4 Å². The minimum Gasteiger partial charge on any atom is -0.384 e. The number of anilines is 1. The predicted molar refractivity (Wildman–Crippen MR) is 82.6 cm³/mol. The first kappa shape index (κ1) is 15.3. The summed E-state index contributed by atoms with van der Waals surface area (Å²) in [5.74, 6) is 5.06. The Morgan fingerprint density at radius 3 is 2.86 bits per heavy atom. The number of rotatable bonds is 2. The van der Waals surface area contributed by atoms with E-state index in [0.717, 1.165) is 0 Å². The number of nitrogens with one attached hydrogen (secondary N) is 1. The topological polar surface area (TPSA) is 62.2 Å². The summed E-state index contributed by atoms with van der Waals surface area (Å²) in [6.45, 7) is -0.254. The van der Waals surface area contributed by atoms with Crippen LogP contribution in [-0.4, -0.2) is 22.6 Å². The molecular formula is C15H10Cl2N2O2. The van der Waals surface area contributed by atoms with E-state index < -0.39 is 5.91 Å². The third-order valence-electron chi connectivity index (χ3n) is 2.46. The SMILES string of the molecule is O=C(Nc1cccc(C#CCO)n1)c1cc(Cl)ccc1Cl. The van der Waals surface area contributed by atoms with Crippen molar-refractivity contribution in [1.29, 1.82) is 0 Å². The van der Waals surface area contributed by atoms with Crippen LogP contribution < -0.4 is 5.32 Å². The third kappa shape index (κ3) is 4.20. The van der Waals surface area contributed by atoms with E-state index in [1.54, 1.807) is 30.3 Å². The molecule has 1 aromatic heterocycles. The van der Waals surface area contributed by atoms with E-state index in [2.05, 4.69) is 22.1 Å². The Morgan fingerprint density at radius 2 is 2.10 bits per heavy atom. The Kier molecular flexibility index (Phi) is 5.18. The fourth-order valence-electron chi connectivity index (χ4n) is 1.56. The summed E-state index contributed by atoms with van der Waals surface area (Å²) in [4.78, 5) is 16.3. The molecule has 0 bridgehead atoms. The average molecular weight is 321 g/mol. The van der Waals surface area contributed by atoms with Gasteiger partial charge in [0.25, 0.3) is 5.91 Å². The molecule has 1 heterocycles. The van der Waals surface area contributed by atoms with Crippen molar-refractivity contribution < 1.29 is 9.90 Å². The van der Waals surface area contributed by atoms with Crippen LogP contribution >= 0.6 is 23.2 Å². The lowest BCUT2D eigenvalue weighted by Crippen LogP contribution is -2.13. The number of carbonyl (C=O) groups is 1. The first-order valence-electron chi connectivity index (χ1n) is 5.93. The highest BCUT2D eigenvalue weighted by atomic mass is 35.5. The van der Waals surface area contributed by atoms with Gasteiger partial charge in [-0.15, -0.1) is 0 Å². The summed E-state index contributed by atoms with van der Waals surface area (Å²) in [6.07, 6.45) is 0. The number of aliphatic hydroxyl groups excluding tert-OH is 1. The van der Waals surface area contributed by atoms with Crippen LogP contribution in [0.3, 0.4) is 0 Å². The van der Waals surface area contributed by atoms with Crippen LogP contribution in [-0.2, 0) is 0 Å². The van der Waals surface area contributed by atoms with Gasteiger partial charge in [-0.1, -0.05) is 35.2 Å². The van der Waals surface area contributed by atoms with E-state index in [9.17, 15) is 4.79 Å². The second kappa shape index (κ2) is 7.09. The van der Waals surface area contributed by atoms with E-state index in [1.165, 1.54) is 6.07 Å². The summed E-state index contributed by atoms with van der Waals surface area (Å²) in [5.41, 5.74) is 0.705. The fraction of sp³-hybridized carbons (Fsp3) is 0.0667. The Balaban J connectivity index is 2.21. The molecule has 106 valence electrons. The van der Waals surface area contributed by atoms with Crippen LogP contribution in [0.4, 0.5) is 5.82 Å². The Bertz CT molecular complexity index is 736. The molecular weight excluding hydrogens is 311 g/mol. The normalized spacial score (nSPS) is 9.67. The first-order valence-corrected chi connectivity index (χ1v) is 6.69. The summed E-state index contributed by atoms with van der Waals surface area (Å²) < 4.78 is 0. The maximum absolute atomic E-state index is 12.1. The van der Waals surface area contributed by atoms with Gasteiger partial charge in [-0.25, -0.2) is 4.98 Å². The van der Waals surface area contributed by atoms with Crippen molar-refractivity contribution in [2.45, 2.75) is 0 Å². The van der Waals surface area contributed by atoms with Crippen LogP contribution in [0.25, 0.3) is 0 Å². The number of benzene rings is 1. The molecule has 4 nitrogen and oxygen atoms in total. The van der Waals surface area contributed by atoms with E-state index in [4.69, 9.17) is 28.3 Å². The number of pyridine rings is 1. The van der Waals surface area contributed by atoms with Gasteiger partial charge < -0.3 is 10.4 Å². The van der Waals surface area contributed by atoms with Crippen LogP contribution in [0, 0.1) is 11.8 Å². The van der Waals surface area contributed by atoms with E-state index in [1.807, 2.05) is 0 Å². The molecule has 0 radical (unpaired) electrons. The molecule has 6 heteroatoms. The molecule has 21 heavy (non-hydrogen) atoms. The quantitative estimate of drug-likeness (QED) is 0.836. The Hall–Kier alpha value is -2.06. The highest BCUT2D eigenvalue weighted by Gasteiger charge is 2.11. The van der Waals surface area contributed by atoms with Crippen molar-refractivity contribution in [3.63, 3.8) is 0 Å². The summed E-state index contributed by atoms with van der Waals surface area (Å²) in [6, 6.07) is 9.63. The molecule has 0 aliphatic rings. The van der Waals surface area contributed by atoms with E-state index >= 15 is 0 Å². The number of aliphatic hydroxyl groups is 1. The number of halogens is 2. The number of hydrogen-bond acceptors (Lipinski definition) is 3. The summed E-state index contributed by atoms with van der Waals surface area (Å²) in [5, 5.41) is 12.0. The molecule has 2 aromatic rings.